The average molecular weight is 262 g/mol. The Balaban J connectivity index is 2.21. The van der Waals surface area contributed by atoms with Crippen LogP contribution in [0.25, 0.3) is 10.6 Å². The number of carboxylic acid groups (broad SMARTS) is 1. The lowest BCUT2D eigenvalue weighted by Crippen LogP contribution is -1.97. The maximum Gasteiger partial charge on any atom is 0.303 e. The van der Waals surface area contributed by atoms with Gasteiger partial charge in [0.15, 0.2) is 0 Å². The monoisotopic (exact) mass is 262 g/mol. The lowest BCUT2D eigenvalue weighted by atomic mass is 10.2. The molecule has 0 radical (unpaired) electrons. The summed E-state index contributed by atoms with van der Waals surface area (Å²) in [5.74, 6) is -0.792. The Morgan fingerprint density at radius 2 is 1.94 bits per heavy atom. The van der Waals surface area contributed by atoms with Crippen LogP contribution in [0.15, 0.2) is 17.5 Å². The molecule has 4 nitrogen and oxygen atoms in total. The first kappa shape index (κ1) is 12.7. The van der Waals surface area contributed by atoms with Crippen molar-refractivity contribution in [1.82, 2.24) is 9.97 Å². The zero-order valence-electron chi connectivity index (χ0n) is 10.3. The molecule has 0 spiro atoms. The Bertz CT molecular complexity index is 558. The second-order valence-electron chi connectivity index (χ2n) is 4.18. The van der Waals surface area contributed by atoms with Gasteiger partial charge >= 0.3 is 5.97 Å². The van der Waals surface area contributed by atoms with Crippen LogP contribution in [0.2, 0.25) is 0 Å². The molecule has 0 fully saturated rings. The molecule has 0 aliphatic carbocycles. The molecule has 2 aromatic rings. The van der Waals surface area contributed by atoms with Crippen LogP contribution in [0.1, 0.15) is 23.5 Å². The molecule has 0 atom stereocenters. The molecule has 0 saturated heterocycles. The molecule has 2 heterocycles. The molecule has 0 aliphatic rings. The lowest BCUT2D eigenvalue weighted by molar-refractivity contribution is -0.136. The van der Waals surface area contributed by atoms with Crippen molar-refractivity contribution in [3.8, 4) is 10.6 Å². The smallest absolute Gasteiger partial charge is 0.303 e. The SMILES string of the molecule is Cc1cc(-c2nc(CCC(=O)O)cs2)cc(C)n1. The fraction of sp³-hybridized carbons (Fsp3) is 0.308. The highest BCUT2D eigenvalue weighted by Crippen LogP contribution is 2.25. The van der Waals surface area contributed by atoms with Gasteiger partial charge in [-0.3, -0.25) is 9.78 Å². The molecule has 0 aromatic carbocycles. The van der Waals surface area contributed by atoms with E-state index in [1.54, 1.807) is 0 Å². The van der Waals surface area contributed by atoms with Gasteiger partial charge in [0.2, 0.25) is 0 Å². The number of hydrogen-bond acceptors (Lipinski definition) is 4. The van der Waals surface area contributed by atoms with Gasteiger partial charge in [-0.25, -0.2) is 4.98 Å². The number of carbonyl (C=O) groups is 1. The van der Waals surface area contributed by atoms with Gasteiger partial charge in [0, 0.05) is 28.8 Å². The van der Waals surface area contributed by atoms with Gasteiger partial charge in [0.25, 0.3) is 0 Å². The average Bonchev–Trinajstić information content (AvgIpc) is 2.73. The molecular weight excluding hydrogens is 248 g/mol. The van der Waals surface area contributed by atoms with Crippen molar-refractivity contribution in [3.05, 3.63) is 34.6 Å². The molecule has 0 saturated carbocycles. The van der Waals surface area contributed by atoms with E-state index in [2.05, 4.69) is 9.97 Å². The number of carboxylic acids is 1. The van der Waals surface area contributed by atoms with Gasteiger partial charge < -0.3 is 5.11 Å². The summed E-state index contributed by atoms with van der Waals surface area (Å²) >= 11 is 1.54. The van der Waals surface area contributed by atoms with E-state index >= 15 is 0 Å². The fourth-order valence-corrected chi connectivity index (χ4v) is 2.59. The number of pyridine rings is 1. The molecule has 0 amide bonds. The molecule has 1 N–H and O–H groups in total. The molecular formula is C13H14N2O2S. The topological polar surface area (TPSA) is 63.1 Å². The zero-order chi connectivity index (χ0) is 13.1. The summed E-state index contributed by atoms with van der Waals surface area (Å²) in [6.45, 7) is 3.91. The Morgan fingerprint density at radius 3 is 2.56 bits per heavy atom. The van der Waals surface area contributed by atoms with Crippen molar-refractivity contribution in [2.45, 2.75) is 26.7 Å². The predicted molar refractivity (Wildman–Crippen MR) is 70.8 cm³/mol. The number of nitrogens with zero attached hydrogens (tertiary/aromatic N) is 2. The van der Waals surface area contributed by atoms with Crippen LogP contribution < -0.4 is 0 Å². The van der Waals surface area contributed by atoms with Crippen molar-refractivity contribution >= 4 is 17.3 Å². The minimum absolute atomic E-state index is 0.123. The van der Waals surface area contributed by atoms with Crippen molar-refractivity contribution < 1.29 is 9.90 Å². The summed E-state index contributed by atoms with van der Waals surface area (Å²) in [7, 11) is 0. The quantitative estimate of drug-likeness (QED) is 0.920. The molecule has 94 valence electrons. The van der Waals surface area contributed by atoms with Crippen LogP contribution in [0.5, 0.6) is 0 Å². The van der Waals surface area contributed by atoms with E-state index in [1.165, 1.54) is 11.3 Å². The Hall–Kier alpha value is -1.75. The number of rotatable bonds is 4. The van der Waals surface area contributed by atoms with Gasteiger partial charge in [-0.15, -0.1) is 11.3 Å². The Labute approximate surface area is 109 Å². The summed E-state index contributed by atoms with van der Waals surface area (Å²) in [6.07, 6.45) is 0.604. The number of aromatic nitrogens is 2. The zero-order valence-corrected chi connectivity index (χ0v) is 11.1. The second-order valence-corrected chi connectivity index (χ2v) is 5.03. The van der Waals surface area contributed by atoms with Crippen molar-refractivity contribution in [3.63, 3.8) is 0 Å². The van der Waals surface area contributed by atoms with Gasteiger partial charge in [0.1, 0.15) is 5.01 Å². The highest BCUT2D eigenvalue weighted by Gasteiger charge is 2.07. The summed E-state index contributed by atoms with van der Waals surface area (Å²) in [5.41, 5.74) is 3.82. The second kappa shape index (κ2) is 5.27. The van der Waals surface area contributed by atoms with Crippen LogP contribution in [-0.2, 0) is 11.2 Å². The van der Waals surface area contributed by atoms with Crippen molar-refractivity contribution in [2.75, 3.05) is 0 Å². The lowest BCUT2D eigenvalue weighted by Gasteiger charge is -2.00. The van der Waals surface area contributed by atoms with Gasteiger partial charge in [0.05, 0.1) is 12.1 Å². The fourth-order valence-electron chi connectivity index (χ4n) is 1.75. The maximum absolute atomic E-state index is 10.5. The van der Waals surface area contributed by atoms with Crippen molar-refractivity contribution in [2.24, 2.45) is 0 Å². The first-order valence-electron chi connectivity index (χ1n) is 5.66. The van der Waals surface area contributed by atoms with E-state index in [0.29, 0.717) is 6.42 Å². The van der Waals surface area contributed by atoms with Crippen LogP contribution in [-0.4, -0.2) is 21.0 Å². The van der Waals surface area contributed by atoms with Crippen LogP contribution in [0.4, 0.5) is 0 Å². The third-order valence-corrected chi connectivity index (χ3v) is 3.42. The van der Waals surface area contributed by atoms with Crippen LogP contribution in [0, 0.1) is 13.8 Å². The largest absolute Gasteiger partial charge is 0.481 e. The van der Waals surface area contributed by atoms with Gasteiger partial charge in [-0.1, -0.05) is 0 Å². The highest BCUT2D eigenvalue weighted by molar-refractivity contribution is 7.13. The van der Waals surface area contributed by atoms with E-state index in [-0.39, 0.29) is 6.42 Å². The molecule has 0 bridgehead atoms. The minimum Gasteiger partial charge on any atom is -0.481 e. The van der Waals surface area contributed by atoms with E-state index < -0.39 is 5.97 Å². The molecule has 5 heteroatoms. The van der Waals surface area contributed by atoms with E-state index in [9.17, 15) is 4.79 Å². The molecule has 2 rings (SSSR count). The third-order valence-electron chi connectivity index (χ3n) is 2.48. The van der Waals surface area contributed by atoms with Crippen LogP contribution in [0.3, 0.4) is 0 Å². The summed E-state index contributed by atoms with van der Waals surface area (Å²) in [6, 6.07) is 3.99. The van der Waals surface area contributed by atoms with E-state index in [0.717, 1.165) is 27.7 Å². The number of aliphatic carboxylic acids is 1. The summed E-state index contributed by atoms with van der Waals surface area (Å²) in [4.78, 5) is 19.3. The first-order chi connectivity index (χ1) is 8.54. The predicted octanol–water partition coefficient (Wildman–Crippen LogP) is 2.84. The molecule has 0 unspecified atom stereocenters. The normalized spacial score (nSPS) is 10.6. The molecule has 0 aliphatic heterocycles. The number of aryl methyl sites for hydroxylation is 3. The van der Waals surface area contributed by atoms with E-state index in [4.69, 9.17) is 5.11 Å². The molecule has 2 aromatic heterocycles. The minimum atomic E-state index is -0.792. The summed E-state index contributed by atoms with van der Waals surface area (Å²) in [5, 5.41) is 11.5. The maximum atomic E-state index is 10.5. The molecule has 18 heavy (non-hydrogen) atoms. The Morgan fingerprint density at radius 1 is 1.28 bits per heavy atom. The Kier molecular flexibility index (Phi) is 3.72. The summed E-state index contributed by atoms with van der Waals surface area (Å²) < 4.78 is 0. The standard InChI is InChI=1S/C13H14N2O2S/c1-8-5-10(6-9(2)14-8)13-15-11(7-18-13)3-4-12(16)17/h5-7H,3-4H2,1-2H3,(H,16,17). The third kappa shape index (κ3) is 3.13. The van der Waals surface area contributed by atoms with Gasteiger partial charge in [-0.05, 0) is 26.0 Å². The van der Waals surface area contributed by atoms with Crippen molar-refractivity contribution in [1.29, 1.82) is 0 Å². The van der Waals surface area contributed by atoms with Crippen LogP contribution >= 0.6 is 11.3 Å². The highest BCUT2D eigenvalue weighted by atomic mass is 32.1. The van der Waals surface area contributed by atoms with E-state index in [1.807, 2.05) is 31.4 Å². The first-order valence-corrected chi connectivity index (χ1v) is 6.54. The number of hydrogen-bond donors (Lipinski definition) is 1. The number of thiazole rings is 1. The van der Waals surface area contributed by atoms with Gasteiger partial charge in [-0.2, -0.15) is 0 Å².